The molecule has 0 aliphatic carbocycles. The Balaban J connectivity index is 0.00000154. The van der Waals surface area contributed by atoms with E-state index in [0.717, 1.165) is 24.2 Å². The number of allylic oxidation sites excluding steroid dienone is 1. The number of ether oxygens (including phenoxy) is 1. The molecule has 0 aliphatic heterocycles. The van der Waals surface area contributed by atoms with E-state index in [1.54, 1.807) is 7.11 Å². The van der Waals surface area contributed by atoms with E-state index < -0.39 is 5.60 Å². The van der Waals surface area contributed by atoms with Crippen molar-refractivity contribution < 1.29 is 9.84 Å². The highest BCUT2D eigenvalue weighted by Crippen LogP contribution is 2.21. The van der Waals surface area contributed by atoms with Crippen LogP contribution in [0.5, 0.6) is 5.75 Å². The zero-order chi connectivity index (χ0) is 14.9. The van der Waals surface area contributed by atoms with Crippen LogP contribution in [0.1, 0.15) is 51.7 Å². The lowest BCUT2D eigenvalue weighted by atomic mass is 10.0. The molecular weight excluding hydrogens is 236 g/mol. The molecule has 19 heavy (non-hydrogen) atoms. The van der Waals surface area contributed by atoms with E-state index in [4.69, 9.17) is 4.74 Å². The van der Waals surface area contributed by atoms with Crippen LogP contribution in [0.15, 0.2) is 24.3 Å². The zero-order valence-corrected chi connectivity index (χ0v) is 13.2. The molecule has 0 spiro atoms. The highest BCUT2D eigenvalue weighted by Gasteiger charge is 2.09. The van der Waals surface area contributed by atoms with Crippen LogP contribution in [0.2, 0.25) is 0 Å². The smallest absolute Gasteiger partial charge is 0.126 e. The second-order valence-electron chi connectivity index (χ2n) is 5.00. The number of hydrogen-bond acceptors (Lipinski definition) is 2. The summed E-state index contributed by atoms with van der Waals surface area (Å²) in [7, 11) is 1.68. The van der Waals surface area contributed by atoms with Crippen LogP contribution in [0.25, 0.3) is 6.08 Å². The number of hydrogen-bond donors (Lipinski definition) is 1. The van der Waals surface area contributed by atoms with Crippen LogP contribution in [-0.2, 0) is 0 Å². The van der Waals surface area contributed by atoms with E-state index in [1.807, 2.05) is 39.8 Å². The van der Waals surface area contributed by atoms with E-state index in [-0.39, 0.29) is 0 Å². The van der Waals surface area contributed by atoms with Gasteiger partial charge in [0.2, 0.25) is 0 Å². The first-order valence-electron chi connectivity index (χ1n) is 6.96. The maximum Gasteiger partial charge on any atom is 0.126 e. The maximum atomic E-state index is 9.60. The first-order chi connectivity index (χ1) is 8.92. The molecule has 0 fully saturated rings. The Morgan fingerprint density at radius 2 is 1.89 bits per heavy atom. The fraction of sp³-hybridized carbons (Fsp3) is 0.529. The van der Waals surface area contributed by atoms with Crippen LogP contribution in [0.4, 0.5) is 0 Å². The average Bonchev–Trinajstić information content (AvgIpc) is 2.36. The Hall–Kier alpha value is -1.28. The van der Waals surface area contributed by atoms with Gasteiger partial charge in [-0.3, -0.25) is 0 Å². The molecule has 1 aromatic rings. The van der Waals surface area contributed by atoms with Crippen molar-refractivity contribution in [2.24, 2.45) is 0 Å². The van der Waals surface area contributed by atoms with E-state index in [1.165, 1.54) is 5.56 Å². The molecule has 0 unspecified atom stereocenters. The van der Waals surface area contributed by atoms with Crippen molar-refractivity contribution in [1.82, 2.24) is 0 Å². The molecular formula is C17H28O2. The maximum absolute atomic E-state index is 9.60. The Morgan fingerprint density at radius 1 is 1.26 bits per heavy atom. The van der Waals surface area contributed by atoms with Crippen LogP contribution in [0, 0.1) is 6.92 Å². The molecule has 1 aromatic carbocycles. The second-order valence-corrected chi connectivity index (χ2v) is 5.00. The Bertz CT molecular complexity index is 387. The summed E-state index contributed by atoms with van der Waals surface area (Å²) in [5.41, 5.74) is 1.71. The molecule has 0 aliphatic rings. The first-order valence-corrected chi connectivity index (χ1v) is 6.96. The van der Waals surface area contributed by atoms with Crippen molar-refractivity contribution in [3.05, 3.63) is 35.4 Å². The third-order valence-corrected chi connectivity index (χ3v) is 2.61. The van der Waals surface area contributed by atoms with Crippen molar-refractivity contribution in [1.29, 1.82) is 0 Å². The van der Waals surface area contributed by atoms with Crippen molar-refractivity contribution >= 4 is 6.08 Å². The van der Waals surface area contributed by atoms with Gasteiger partial charge in [-0.25, -0.2) is 0 Å². The van der Waals surface area contributed by atoms with Gasteiger partial charge in [0.05, 0.1) is 12.7 Å². The number of aryl methyl sites for hydroxylation is 1. The summed E-state index contributed by atoms with van der Waals surface area (Å²) in [5, 5.41) is 9.60. The van der Waals surface area contributed by atoms with Crippen LogP contribution >= 0.6 is 0 Å². The molecule has 0 amide bonds. The molecule has 0 saturated carbocycles. The lowest BCUT2D eigenvalue weighted by molar-refractivity contribution is 0.0722. The normalized spacial score (nSPS) is 11.1. The predicted octanol–water partition coefficient (Wildman–Crippen LogP) is 4.59. The van der Waals surface area contributed by atoms with Gasteiger partial charge in [0.25, 0.3) is 0 Å². The van der Waals surface area contributed by atoms with Gasteiger partial charge in [0.1, 0.15) is 5.75 Å². The van der Waals surface area contributed by atoms with Crippen molar-refractivity contribution in [2.75, 3.05) is 7.11 Å². The Labute approximate surface area is 118 Å². The molecule has 2 nitrogen and oxygen atoms in total. The third kappa shape index (κ3) is 7.68. The molecule has 108 valence electrons. The van der Waals surface area contributed by atoms with Crippen molar-refractivity contribution in [2.45, 2.75) is 53.1 Å². The second kappa shape index (κ2) is 8.76. The summed E-state index contributed by atoms with van der Waals surface area (Å²) >= 11 is 0. The molecule has 0 atom stereocenters. The highest BCUT2D eigenvalue weighted by atomic mass is 16.5. The first kappa shape index (κ1) is 17.7. The van der Waals surface area contributed by atoms with E-state index in [9.17, 15) is 5.11 Å². The minimum atomic E-state index is -0.596. The summed E-state index contributed by atoms with van der Waals surface area (Å²) < 4.78 is 5.30. The summed E-state index contributed by atoms with van der Waals surface area (Å²) in [6, 6.07) is 6.11. The lowest BCUT2D eigenvalue weighted by Gasteiger charge is -2.14. The minimum absolute atomic E-state index is 0.596. The Kier molecular flexibility index (Phi) is 8.17. The summed E-state index contributed by atoms with van der Waals surface area (Å²) in [4.78, 5) is 0. The van der Waals surface area contributed by atoms with Crippen LogP contribution in [-0.4, -0.2) is 17.8 Å². The topological polar surface area (TPSA) is 29.5 Å². The SMILES string of the molecule is CC.COc1ccc(C)cc1/C=C/CCC(C)(C)O. The fourth-order valence-electron chi connectivity index (χ4n) is 1.63. The molecule has 1 N–H and O–H groups in total. The highest BCUT2D eigenvalue weighted by molar-refractivity contribution is 5.58. The number of aliphatic hydroxyl groups is 1. The number of methoxy groups -OCH3 is 1. The van der Waals surface area contributed by atoms with Crippen molar-refractivity contribution in [3.63, 3.8) is 0 Å². The van der Waals surface area contributed by atoms with Crippen molar-refractivity contribution in [3.8, 4) is 5.75 Å². The summed E-state index contributed by atoms with van der Waals surface area (Å²) in [6.07, 6.45) is 5.76. The van der Waals surface area contributed by atoms with Gasteiger partial charge in [0.15, 0.2) is 0 Å². The van der Waals surface area contributed by atoms with Gasteiger partial charge in [0, 0.05) is 5.56 Å². The number of benzene rings is 1. The van der Waals surface area contributed by atoms with Gasteiger partial charge in [-0.1, -0.05) is 37.6 Å². The number of rotatable bonds is 5. The molecule has 0 saturated heterocycles. The average molecular weight is 264 g/mol. The lowest BCUT2D eigenvalue weighted by Crippen LogP contribution is -2.17. The summed E-state index contributed by atoms with van der Waals surface area (Å²) in [6.45, 7) is 9.72. The molecule has 0 aromatic heterocycles. The zero-order valence-electron chi connectivity index (χ0n) is 13.2. The molecule has 2 heteroatoms. The molecule has 1 rings (SSSR count). The van der Waals surface area contributed by atoms with E-state index in [2.05, 4.69) is 25.1 Å². The molecule has 0 heterocycles. The van der Waals surface area contributed by atoms with Gasteiger partial charge in [-0.2, -0.15) is 0 Å². The monoisotopic (exact) mass is 264 g/mol. The van der Waals surface area contributed by atoms with Crippen LogP contribution < -0.4 is 4.74 Å². The van der Waals surface area contributed by atoms with Gasteiger partial charge in [-0.05, 0) is 45.7 Å². The standard InChI is InChI=1S/C15H22O2.C2H6/c1-12-8-9-14(17-4)13(11-12)7-5-6-10-15(2,3)16;1-2/h5,7-9,11,16H,6,10H2,1-4H3;1-2H3/b7-5+;. The van der Waals surface area contributed by atoms with E-state index in [0.29, 0.717) is 0 Å². The van der Waals surface area contributed by atoms with Gasteiger partial charge in [-0.15, -0.1) is 0 Å². The quantitative estimate of drug-likeness (QED) is 0.842. The molecule has 0 radical (unpaired) electrons. The minimum Gasteiger partial charge on any atom is -0.496 e. The van der Waals surface area contributed by atoms with Gasteiger partial charge >= 0.3 is 0 Å². The van der Waals surface area contributed by atoms with Gasteiger partial charge < -0.3 is 9.84 Å². The molecule has 0 bridgehead atoms. The Morgan fingerprint density at radius 3 is 2.42 bits per heavy atom. The fourth-order valence-corrected chi connectivity index (χ4v) is 1.63. The summed E-state index contributed by atoms with van der Waals surface area (Å²) in [5.74, 6) is 0.884. The van der Waals surface area contributed by atoms with E-state index >= 15 is 0 Å². The van der Waals surface area contributed by atoms with Crippen LogP contribution in [0.3, 0.4) is 0 Å². The third-order valence-electron chi connectivity index (χ3n) is 2.61. The predicted molar refractivity (Wildman–Crippen MR) is 83.6 cm³/mol. The largest absolute Gasteiger partial charge is 0.496 e.